The lowest BCUT2D eigenvalue weighted by molar-refractivity contribution is -0.138. The van der Waals surface area contributed by atoms with E-state index in [2.05, 4.69) is 20.1 Å². The summed E-state index contributed by atoms with van der Waals surface area (Å²) in [5.74, 6) is -1.29. The maximum atomic E-state index is 10.6. The lowest BCUT2D eigenvalue weighted by Gasteiger charge is -2.01. The Morgan fingerprint density at radius 1 is 1.00 bits per heavy atom. The molecular formula is C15H26O4. The van der Waals surface area contributed by atoms with Gasteiger partial charge in [0, 0.05) is 12.2 Å². The maximum Gasteiger partial charge on any atom is 0.330 e. The molecule has 4 heteroatoms. The fraction of sp³-hybridized carbons (Fsp3) is 0.600. The number of carbonyl (C=O) groups excluding carboxylic acids is 1. The summed E-state index contributed by atoms with van der Waals surface area (Å²) < 4.78 is 4.86. The second kappa shape index (κ2) is 16.4. The van der Waals surface area contributed by atoms with Crippen molar-refractivity contribution in [3.8, 4) is 0 Å². The van der Waals surface area contributed by atoms with Gasteiger partial charge in [0.05, 0.1) is 6.61 Å². The van der Waals surface area contributed by atoms with E-state index in [9.17, 15) is 9.59 Å². The fourth-order valence-corrected chi connectivity index (χ4v) is 1.29. The highest BCUT2D eigenvalue weighted by Gasteiger charge is 1.94. The van der Waals surface area contributed by atoms with Crippen molar-refractivity contribution in [3.63, 3.8) is 0 Å². The zero-order chi connectivity index (χ0) is 14.9. The first-order valence-electron chi connectivity index (χ1n) is 6.73. The van der Waals surface area contributed by atoms with Crippen LogP contribution >= 0.6 is 0 Å². The maximum absolute atomic E-state index is 10.6. The van der Waals surface area contributed by atoms with E-state index >= 15 is 0 Å². The molecule has 0 aromatic heterocycles. The number of aliphatic carboxylic acids is 1. The van der Waals surface area contributed by atoms with Crippen LogP contribution in [0.2, 0.25) is 0 Å². The molecule has 0 aromatic carbocycles. The normalized spacial score (nSPS) is 8.89. The fourth-order valence-electron chi connectivity index (χ4n) is 1.29. The first kappa shape index (κ1) is 19.8. The predicted molar refractivity (Wildman–Crippen MR) is 77.0 cm³/mol. The molecular weight excluding hydrogens is 244 g/mol. The number of hydrogen-bond donors (Lipinski definition) is 1. The van der Waals surface area contributed by atoms with E-state index in [0.717, 1.165) is 18.9 Å². The monoisotopic (exact) mass is 270 g/mol. The van der Waals surface area contributed by atoms with Gasteiger partial charge in [-0.15, -0.1) is 0 Å². The van der Waals surface area contributed by atoms with Crippen LogP contribution in [-0.4, -0.2) is 23.7 Å². The van der Waals surface area contributed by atoms with Crippen LogP contribution in [0.25, 0.3) is 0 Å². The number of ether oxygens (including phenoxy) is 1. The number of esters is 1. The summed E-state index contributed by atoms with van der Waals surface area (Å²) in [4.78, 5) is 19.9. The van der Waals surface area contributed by atoms with Gasteiger partial charge in [0.15, 0.2) is 0 Å². The summed E-state index contributed by atoms with van der Waals surface area (Å²) in [6.07, 6.45) is 10.7. The molecule has 0 fully saturated rings. The van der Waals surface area contributed by atoms with Crippen molar-refractivity contribution in [2.75, 3.05) is 6.61 Å². The van der Waals surface area contributed by atoms with Crippen LogP contribution < -0.4 is 0 Å². The molecule has 0 radical (unpaired) electrons. The molecule has 0 bridgehead atoms. The van der Waals surface area contributed by atoms with Gasteiger partial charge in [-0.2, -0.15) is 0 Å². The third-order valence-corrected chi connectivity index (χ3v) is 2.33. The summed E-state index contributed by atoms with van der Waals surface area (Å²) in [7, 11) is 0. The van der Waals surface area contributed by atoms with Crippen LogP contribution in [0, 0.1) is 0 Å². The summed E-state index contributed by atoms with van der Waals surface area (Å²) in [6, 6.07) is 0. The van der Waals surface area contributed by atoms with Gasteiger partial charge in [-0.25, -0.2) is 9.59 Å². The van der Waals surface area contributed by atoms with Gasteiger partial charge in [-0.1, -0.05) is 58.6 Å². The third kappa shape index (κ3) is 22.1. The van der Waals surface area contributed by atoms with E-state index in [0.29, 0.717) is 6.61 Å². The van der Waals surface area contributed by atoms with Crippen LogP contribution in [0.4, 0.5) is 0 Å². The van der Waals surface area contributed by atoms with E-state index in [4.69, 9.17) is 9.84 Å². The van der Waals surface area contributed by atoms with Crippen molar-refractivity contribution >= 4 is 11.9 Å². The average molecular weight is 270 g/mol. The standard InChI is InChI=1S/C12H22O2.C3H4O2/c1-3-5-6-7-8-9-10-11-14-12(13)4-2;1-2-3(4)5/h4H,2-3,5-11H2,1H3;2H,1H2,(H,4,5). The van der Waals surface area contributed by atoms with E-state index < -0.39 is 5.97 Å². The number of unbranched alkanes of at least 4 members (excludes halogenated alkanes) is 6. The third-order valence-electron chi connectivity index (χ3n) is 2.33. The van der Waals surface area contributed by atoms with E-state index in [-0.39, 0.29) is 5.97 Å². The second-order valence-corrected chi connectivity index (χ2v) is 4.04. The smallest absolute Gasteiger partial charge is 0.330 e. The van der Waals surface area contributed by atoms with E-state index in [1.807, 2.05) is 0 Å². The van der Waals surface area contributed by atoms with Gasteiger partial charge >= 0.3 is 11.9 Å². The number of rotatable bonds is 10. The van der Waals surface area contributed by atoms with Crippen molar-refractivity contribution in [2.45, 2.75) is 51.9 Å². The van der Waals surface area contributed by atoms with Crippen LogP contribution in [0.1, 0.15) is 51.9 Å². The van der Waals surface area contributed by atoms with E-state index in [1.165, 1.54) is 38.2 Å². The van der Waals surface area contributed by atoms with Crippen LogP contribution in [0.5, 0.6) is 0 Å². The number of carboxylic acids is 1. The Labute approximate surface area is 116 Å². The molecule has 0 aliphatic carbocycles. The summed E-state index contributed by atoms with van der Waals surface area (Å²) in [5.41, 5.74) is 0. The highest BCUT2D eigenvalue weighted by molar-refractivity contribution is 5.81. The molecule has 0 amide bonds. The molecule has 0 spiro atoms. The first-order chi connectivity index (χ1) is 9.08. The molecule has 4 nitrogen and oxygen atoms in total. The van der Waals surface area contributed by atoms with Crippen LogP contribution in [0.3, 0.4) is 0 Å². The van der Waals surface area contributed by atoms with Crippen molar-refractivity contribution in [3.05, 3.63) is 25.3 Å². The van der Waals surface area contributed by atoms with Gasteiger partial charge in [0.2, 0.25) is 0 Å². The molecule has 0 unspecified atom stereocenters. The zero-order valence-electron chi connectivity index (χ0n) is 11.9. The molecule has 0 aromatic rings. The van der Waals surface area contributed by atoms with Crippen LogP contribution in [-0.2, 0) is 14.3 Å². The molecule has 0 atom stereocenters. The molecule has 0 aliphatic rings. The largest absolute Gasteiger partial charge is 0.478 e. The lowest BCUT2D eigenvalue weighted by atomic mass is 10.1. The van der Waals surface area contributed by atoms with Crippen molar-refractivity contribution in [2.24, 2.45) is 0 Å². The van der Waals surface area contributed by atoms with Crippen LogP contribution in [0.15, 0.2) is 25.3 Å². The molecule has 110 valence electrons. The minimum Gasteiger partial charge on any atom is -0.478 e. The van der Waals surface area contributed by atoms with Gasteiger partial charge in [-0.05, 0) is 6.42 Å². The zero-order valence-corrected chi connectivity index (χ0v) is 11.9. The van der Waals surface area contributed by atoms with Crippen molar-refractivity contribution in [1.82, 2.24) is 0 Å². The Morgan fingerprint density at radius 3 is 1.89 bits per heavy atom. The van der Waals surface area contributed by atoms with Crippen molar-refractivity contribution in [1.29, 1.82) is 0 Å². The Hall–Kier alpha value is -1.58. The molecule has 19 heavy (non-hydrogen) atoms. The molecule has 0 rings (SSSR count). The average Bonchev–Trinajstić information content (AvgIpc) is 2.42. The van der Waals surface area contributed by atoms with Gasteiger partial charge in [0.1, 0.15) is 0 Å². The molecule has 0 saturated carbocycles. The summed E-state index contributed by atoms with van der Waals surface area (Å²) in [5, 5.41) is 7.60. The highest BCUT2D eigenvalue weighted by atomic mass is 16.5. The number of carboxylic acid groups (broad SMARTS) is 1. The minimum atomic E-state index is -0.981. The van der Waals surface area contributed by atoms with Crippen molar-refractivity contribution < 1.29 is 19.4 Å². The summed E-state index contributed by atoms with van der Waals surface area (Å²) in [6.45, 7) is 9.05. The van der Waals surface area contributed by atoms with Gasteiger partial charge in [-0.3, -0.25) is 0 Å². The summed E-state index contributed by atoms with van der Waals surface area (Å²) >= 11 is 0. The molecule has 0 saturated heterocycles. The number of hydrogen-bond acceptors (Lipinski definition) is 3. The SMILES string of the molecule is C=CC(=O)O.C=CC(=O)OCCCCCCCCC. The quantitative estimate of drug-likeness (QED) is 0.373. The Balaban J connectivity index is 0. The van der Waals surface area contributed by atoms with E-state index in [1.54, 1.807) is 0 Å². The van der Waals surface area contributed by atoms with Gasteiger partial charge < -0.3 is 9.84 Å². The topological polar surface area (TPSA) is 63.6 Å². The molecule has 0 heterocycles. The molecule has 0 aliphatic heterocycles. The first-order valence-corrected chi connectivity index (χ1v) is 6.73. The lowest BCUT2D eigenvalue weighted by Crippen LogP contribution is -2.01. The Morgan fingerprint density at radius 2 is 1.47 bits per heavy atom. The Kier molecular flexibility index (Phi) is 17.1. The number of carbonyl (C=O) groups is 2. The molecule has 1 N–H and O–H groups in total. The second-order valence-electron chi connectivity index (χ2n) is 4.04. The minimum absolute atomic E-state index is 0.309. The Bertz CT molecular complexity index is 259. The predicted octanol–water partition coefficient (Wildman–Crippen LogP) is 3.72. The van der Waals surface area contributed by atoms with Gasteiger partial charge in [0.25, 0.3) is 0 Å². The highest BCUT2D eigenvalue weighted by Crippen LogP contribution is 2.06.